The topological polar surface area (TPSA) is 26.3 Å². The Hall–Kier alpha value is -1.22. The van der Waals surface area contributed by atoms with Gasteiger partial charge in [-0.15, -0.1) is 0 Å². The average molecular weight is 194 g/mol. The molecule has 0 radical (unpaired) electrons. The minimum absolute atomic E-state index is 0.314. The van der Waals surface area contributed by atoms with Crippen molar-refractivity contribution in [3.8, 4) is 0 Å². The summed E-state index contributed by atoms with van der Waals surface area (Å²) in [4.78, 5) is 11.3. The van der Waals surface area contributed by atoms with Crippen molar-refractivity contribution in [2.75, 3.05) is 7.11 Å². The van der Waals surface area contributed by atoms with Gasteiger partial charge in [-0.05, 0) is 5.56 Å². The number of benzene rings is 1. The Kier molecular flexibility index (Phi) is 3.58. The van der Waals surface area contributed by atoms with E-state index in [9.17, 15) is 4.79 Å². The van der Waals surface area contributed by atoms with E-state index in [0.717, 1.165) is 5.56 Å². The molecule has 0 aromatic heterocycles. The van der Waals surface area contributed by atoms with Crippen molar-refractivity contribution in [2.24, 2.45) is 0 Å². The summed E-state index contributed by atoms with van der Waals surface area (Å²) in [6.45, 7) is 0. The van der Waals surface area contributed by atoms with Gasteiger partial charge in [0.25, 0.3) is 0 Å². The van der Waals surface area contributed by atoms with Crippen LogP contribution in [0.1, 0.15) is 5.56 Å². The van der Waals surface area contributed by atoms with E-state index in [-0.39, 0.29) is 0 Å². The second-order valence-corrected chi connectivity index (χ2v) is 3.07. The number of thiocarbonyl (C=S) groups is 1. The number of esters is 1. The molecule has 0 heterocycles. The zero-order valence-corrected chi connectivity index (χ0v) is 8.14. The van der Waals surface area contributed by atoms with Crippen LogP contribution in [0.4, 0.5) is 0 Å². The van der Waals surface area contributed by atoms with E-state index < -0.39 is 5.97 Å². The van der Waals surface area contributed by atoms with E-state index >= 15 is 0 Å². The van der Waals surface area contributed by atoms with Crippen molar-refractivity contribution in [3.05, 3.63) is 35.9 Å². The lowest BCUT2D eigenvalue weighted by Gasteiger charge is -2.00. The minimum Gasteiger partial charge on any atom is -0.465 e. The third-order valence-corrected chi connectivity index (χ3v) is 1.93. The highest BCUT2D eigenvalue weighted by Gasteiger charge is 2.08. The van der Waals surface area contributed by atoms with Crippen molar-refractivity contribution in [1.29, 1.82) is 0 Å². The number of ether oxygens (including phenoxy) is 1. The van der Waals surface area contributed by atoms with Gasteiger partial charge < -0.3 is 4.74 Å². The second-order valence-electron chi connectivity index (χ2n) is 2.58. The standard InChI is InChI=1S/C10H10O2S/c1-12-10(11)9(13)7-8-5-3-2-4-6-8/h2-6H,7H2,1H3. The first kappa shape index (κ1) is 9.86. The zero-order valence-electron chi connectivity index (χ0n) is 7.32. The number of methoxy groups -OCH3 is 1. The quantitative estimate of drug-likeness (QED) is 0.542. The molecule has 1 aromatic carbocycles. The maximum absolute atomic E-state index is 11.0. The van der Waals surface area contributed by atoms with Crippen LogP contribution in [0, 0.1) is 0 Å². The fourth-order valence-corrected chi connectivity index (χ4v) is 1.22. The molecule has 3 heteroatoms. The fourth-order valence-electron chi connectivity index (χ4n) is 0.967. The summed E-state index contributed by atoms with van der Waals surface area (Å²) in [6.07, 6.45) is 0.475. The van der Waals surface area contributed by atoms with Gasteiger partial charge in [-0.1, -0.05) is 42.5 Å². The third-order valence-electron chi connectivity index (χ3n) is 1.62. The molecule has 0 atom stereocenters. The lowest BCUT2D eigenvalue weighted by atomic mass is 10.1. The molecule has 0 aliphatic rings. The van der Waals surface area contributed by atoms with Crippen LogP contribution in [-0.4, -0.2) is 17.9 Å². The number of carbonyl (C=O) groups excluding carboxylic acids is 1. The Morgan fingerprint density at radius 2 is 2.00 bits per heavy atom. The Morgan fingerprint density at radius 3 is 2.54 bits per heavy atom. The second kappa shape index (κ2) is 4.72. The largest absolute Gasteiger partial charge is 0.465 e. The molecule has 0 saturated carbocycles. The first-order valence-corrected chi connectivity index (χ1v) is 4.30. The van der Waals surface area contributed by atoms with Crippen LogP contribution in [0.25, 0.3) is 0 Å². The van der Waals surface area contributed by atoms with Crippen LogP contribution in [-0.2, 0) is 16.0 Å². The van der Waals surface area contributed by atoms with Gasteiger partial charge in [0.15, 0.2) is 0 Å². The summed E-state index contributed by atoms with van der Waals surface area (Å²) in [5, 5.41) is 0. The van der Waals surface area contributed by atoms with E-state index in [1.165, 1.54) is 7.11 Å². The number of hydrogen-bond donors (Lipinski definition) is 0. The molecule has 2 nitrogen and oxygen atoms in total. The highest BCUT2D eigenvalue weighted by molar-refractivity contribution is 7.82. The molecule has 13 heavy (non-hydrogen) atoms. The average Bonchev–Trinajstić information content (AvgIpc) is 2.18. The molecule has 0 saturated heterocycles. The molecule has 0 fully saturated rings. The van der Waals surface area contributed by atoms with Gasteiger partial charge in [0, 0.05) is 6.42 Å². The van der Waals surface area contributed by atoms with Crippen LogP contribution < -0.4 is 0 Å². The Morgan fingerprint density at radius 1 is 1.38 bits per heavy atom. The lowest BCUT2D eigenvalue weighted by molar-refractivity contribution is -0.132. The molecule has 68 valence electrons. The molecule has 0 amide bonds. The highest BCUT2D eigenvalue weighted by Crippen LogP contribution is 2.01. The summed E-state index contributed by atoms with van der Waals surface area (Å²) in [5.41, 5.74) is 1.03. The normalized spacial score (nSPS) is 9.31. The molecular formula is C10H10O2S. The van der Waals surface area contributed by atoms with Crippen molar-refractivity contribution < 1.29 is 9.53 Å². The van der Waals surface area contributed by atoms with Crippen molar-refractivity contribution >= 4 is 23.1 Å². The van der Waals surface area contributed by atoms with E-state index in [0.29, 0.717) is 11.3 Å². The molecule has 0 N–H and O–H groups in total. The Balaban J connectivity index is 2.60. The van der Waals surface area contributed by atoms with Gasteiger partial charge in [-0.25, -0.2) is 4.79 Å². The minimum atomic E-state index is -0.418. The maximum Gasteiger partial charge on any atom is 0.345 e. The maximum atomic E-state index is 11.0. The van der Waals surface area contributed by atoms with Gasteiger partial charge in [0.1, 0.15) is 4.86 Å². The molecule has 1 rings (SSSR count). The van der Waals surface area contributed by atoms with Crippen molar-refractivity contribution in [2.45, 2.75) is 6.42 Å². The van der Waals surface area contributed by atoms with Crippen LogP contribution in [0.2, 0.25) is 0 Å². The molecular weight excluding hydrogens is 184 g/mol. The van der Waals surface area contributed by atoms with Gasteiger partial charge in [0.05, 0.1) is 7.11 Å². The van der Waals surface area contributed by atoms with Crippen LogP contribution in [0.5, 0.6) is 0 Å². The SMILES string of the molecule is COC(=O)C(=S)Cc1ccccc1. The van der Waals surface area contributed by atoms with Gasteiger partial charge >= 0.3 is 5.97 Å². The number of rotatable bonds is 3. The van der Waals surface area contributed by atoms with Crippen molar-refractivity contribution in [1.82, 2.24) is 0 Å². The monoisotopic (exact) mass is 194 g/mol. The Bertz CT molecular complexity index is 306. The van der Waals surface area contributed by atoms with Crippen LogP contribution in [0.15, 0.2) is 30.3 Å². The van der Waals surface area contributed by atoms with E-state index in [1.807, 2.05) is 30.3 Å². The van der Waals surface area contributed by atoms with Gasteiger partial charge in [0.2, 0.25) is 0 Å². The zero-order chi connectivity index (χ0) is 9.68. The molecule has 1 aromatic rings. The van der Waals surface area contributed by atoms with E-state index in [4.69, 9.17) is 12.2 Å². The van der Waals surface area contributed by atoms with E-state index in [2.05, 4.69) is 4.74 Å². The van der Waals surface area contributed by atoms with Crippen LogP contribution in [0.3, 0.4) is 0 Å². The predicted octanol–water partition coefficient (Wildman–Crippen LogP) is 1.77. The Labute approximate surface area is 82.5 Å². The van der Waals surface area contributed by atoms with Gasteiger partial charge in [-0.2, -0.15) is 0 Å². The van der Waals surface area contributed by atoms with E-state index in [1.54, 1.807) is 0 Å². The predicted molar refractivity (Wildman–Crippen MR) is 54.8 cm³/mol. The fraction of sp³-hybridized carbons (Fsp3) is 0.200. The third kappa shape index (κ3) is 2.95. The summed E-state index contributed by atoms with van der Waals surface area (Å²) < 4.78 is 4.50. The highest BCUT2D eigenvalue weighted by atomic mass is 32.1. The molecule has 0 spiro atoms. The summed E-state index contributed by atoms with van der Waals surface area (Å²) in [7, 11) is 1.33. The summed E-state index contributed by atoms with van der Waals surface area (Å²) >= 11 is 4.88. The molecule has 0 unspecified atom stereocenters. The molecule has 0 aliphatic heterocycles. The lowest BCUT2D eigenvalue weighted by Crippen LogP contribution is -2.15. The smallest absolute Gasteiger partial charge is 0.345 e. The number of carbonyl (C=O) groups is 1. The van der Waals surface area contributed by atoms with Crippen LogP contribution >= 0.6 is 12.2 Å². The first-order valence-electron chi connectivity index (χ1n) is 3.89. The van der Waals surface area contributed by atoms with Gasteiger partial charge in [-0.3, -0.25) is 0 Å². The molecule has 0 aliphatic carbocycles. The number of hydrogen-bond acceptors (Lipinski definition) is 3. The summed E-state index contributed by atoms with van der Waals surface area (Å²) in [6, 6.07) is 9.60. The first-order chi connectivity index (χ1) is 6.24. The summed E-state index contributed by atoms with van der Waals surface area (Å²) in [5.74, 6) is -0.418. The molecule has 0 bridgehead atoms. The van der Waals surface area contributed by atoms with Crippen molar-refractivity contribution in [3.63, 3.8) is 0 Å².